The lowest BCUT2D eigenvalue weighted by Gasteiger charge is -2.13. The summed E-state index contributed by atoms with van der Waals surface area (Å²) in [6, 6.07) is 6.82. The van der Waals surface area contributed by atoms with E-state index in [4.69, 9.17) is 0 Å². The molecule has 4 nitrogen and oxygen atoms in total. The van der Waals surface area contributed by atoms with Crippen LogP contribution in [0.2, 0.25) is 0 Å². The minimum absolute atomic E-state index is 0.266. The minimum Gasteiger partial charge on any atom is -0.392 e. The van der Waals surface area contributed by atoms with Crippen molar-refractivity contribution < 1.29 is 13.5 Å². The van der Waals surface area contributed by atoms with Crippen molar-refractivity contribution in [3.05, 3.63) is 29.8 Å². The maximum absolute atomic E-state index is 11.8. The molecule has 2 rings (SSSR count). The Morgan fingerprint density at radius 1 is 1.41 bits per heavy atom. The molecule has 5 heteroatoms. The predicted octanol–water partition coefficient (Wildman–Crippen LogP) is 0.908. The van der Waals surface area contributed by atoms with E-state index in [9.17, 15) is 13.5 Å². The van der Waals surface area contributed by atoms with E-state index in [0.29, 0.717) is 17.9 Å². The van der Waals surface area contributed by atoms with E-state index in [2.05, 4.69) is 4.72 Å². The molecule has 1 aliphatic carbocycles. The van der Waals surface area contributed by atoms with E-state index < -0.39 is 16.1 Å². The first-order valence-corrected chi connectivity index (χ1v) is 7.22. The topological polar surface area (TPSA) is 66.4 Å². The monoisotopic (exact) mass is 255 g/mol. The Hall–Kier alpha value is -0.910. The van der Waals surface area contributed by atoms with Crippen molar-refractivity contribution in [2.24, 2.45) is 5.92 Å². The molecule has 1 aromatic carbocycles. The molecule has 0 aromatic heterocycles. The van der Waals surface area contributed by atoms with Crippen molar-refractivity contribution >= 4 is 10.0 Å². The Bertz CT molecular complexity index is 494. The molecule has 1 aromatic rings. The molecule has 0 amide bonds. The Balaban J connectivity index is 2.27. The van der Waals surface area contributed by atoms with Crippen LogP contribution >= 0.6 is 0 Å². The Morgan fingerprint density at radius 2 is 2.06 bits per heavy atom. The van der Waals surface area contributed by atoms with E-state index >= 15 is 0 Å². The number of aliphatic hydroxyl groups is 1. The zero-order valence-corrected chi connectivity index (χ0v) is 10.6. The van der Waals surface area contributed by atoms with Gasteiger partial charge < -0.3 is 5.11 Å². The van der Waals surface area contributed by atoms with Crippen molar-refractivity contribution in [1.29, 1.82) is 0 Å². The quantitative estimate of drug-likeness (QED) is 0.822. The van der Waals surface area contributed by atoms with Crippen LogP contribution in [0.4, 0.5) is 0 Å². The average molecular weight is 255 g/mol. The van der Waals surface area contributed by atoms with Gasteiger partial charge in [-0.25, -0.2) is 13.1 Å². The lowest BCUT2D eigenvalue weighted by atomic mass is 10.1. The van der Waals surface area contributed by atoms with Crippen molar-refractivity contribution in [2.75, 3.05) is 7.05 Å². The Kier molecular flexibility index (Phi) is 3.51. The van der Waals surface area contributed by atoms with E-state index in [1.165, 1.54) is 7.05 Å². The van der Waals surface area contributed by atoms with Gasteiger partial charge in [0.25, 0.3) is 0 Å². The summed E-state index contributed by atoms with van der Waals surface area (Å²) in [4.78, 5) is 0.266. The van der Waals surface area contributed by atoms with Gasteiger partial charge in [0.05, 0.1) is 11.0 Å². The van der Waals surface area contributed by atoms with Gasteiger partial charge in [-0.15, -0.1) is 0 Å². The Labute approximate surface area is 102 Å². The first kappa shape index (κ1) is 12.5. The van der Waals surface area contributed by atoms with Crippen LogP contribution in [0.3, 0.4) is 0 Å². The van der Waals surface area contributed by atoms with Crippen molar-refractivity contribution in [1.82, 2.24) is 4.72 Å². The summed E-state index contributed by atoms with van der Waals surface area (Å²) in [6.45, 7) is 0. The summed E-state index contributed by atoms with van der Waals surface area (Å²) >= 11 is 0. The van der Waals surface area contributed by atoms with Crippen LogP contribution < -0.4 is 4.72 Å². The highest BCUT2D eigenvalue weighted by Gasteiger charge is 2.30. The molecule has 2 N–H and O–H groups in total. The van der Waals surface area contributed by atoms with Crippen LogP contribution in [-0.2, 0) is 16.4 Å². The summed E-state index contributed by atoms with van der Waals surface area (Å²) in [5, 5.41) is 9.89. The average Bonchev–Trinajstić information content (AvgIpc) is 3.13. The number of sulfonamides is 1. The lowest BCUT2D eigenvalue weighted by molar-refractivity contribution is 0.151. The molecule has 0 spiro atoms. The third-order valence-electron chi connectivity index (χ3n) is 3.13. The second kappa shape index (κ2) is 4.76. The van der Waals surface area contributed by atoms with Crippen molar-refractivity contribution in [3.63, 3.8) is 0 Å². The number of nitrogens with one attached hydrogen (secondary N) is 1. The second-order valence-corrected chi connectivity index (χ2v) is 6.28. The third kappa shape index (κ3) is 2.86. The van der Waals surface area contributed by atoms with Gasteiger partial charge in [-0.3, -0.25) is 0 Å². The molecule has 0 heterocycles. The van der Waals surface area contributed by atoms with Gasteiger partial charge in [-0.05, 0) is 43.9 Å². The van der Waals surface area contributed by atoms with Gasteiger partial charge in [0.1, 0.15) is 0 Å². The first-order chi connectivity index (χ1) is 8.04. The number of aliphatic hydroxyl groups excluding tert-OH is 1. The van der Waals surface area contributed by atoms with Gasteiger partial charge in [-0.2, -0.15) is 0 Å². The smallest absolute Gasteiger partial charge is 0.240 e. The van der Waals surface area contributed by atoms with E-state index in [1.807, 2.05) is 0 Å². The summed E-state index contributed by atoms with van der Waals surface area (Å²) in [7, 11) is -2.05. The van der Waals surface area contributed by atoms with Gasteiger partial charge in [0.2, 0.25) is 10.0 Å². The third-order valence-corrected chi connectivity index (χ3v) is 4.64. The first-order valence-electron chi connectivity index (χ1n) is 5.74. The molecular formula is C12H17NO3S. The van der Waals surface area contributed by atoms with Gasteiger partial charge in [0.15, 0.2) is 0 Å². The molecule has 1 aliphatic rings. The van der Waals surface area contributed by atoms with E-state index in [0.717, 1.165) is 12.8 Å². The molecule has 1 atom stereocenters. The van der Waals surface area contributed by atoms with Gasteiger partial charge in [0, 0.05) is 0 Å². The highest BCUT2D eigenvalue weighted by Crippen LogP contribution is 2.34. The van der Waals surface area contributed by atoms with Crippen molar-refractivity contribution in [3.8, 4) is 0 Å². The number of hydrogen-bond acceptors (Lipinski definition) is 3. The predicted molar refractivity (Wildman–Crippen MR) is 65.1 cm³/mol. The summed E-state index contributed by atoms with van der Waals surface area (Å²) in [6.07, 6.45) is 2.06. The molecular weight excluding hydrogens is 238 g/mol. The molecule has 1 fully saturated rings. The number of hydrogen-bond donors (Lipinski definition) is 2. The summed E-state index contributed by atoms with van der Waals surface area (Å²) in [5.74, 6) is 0.348. The van der Waals surface area contributed by atoms with Gasteiger partial charge >= 0.3 is 0 Å². The maximum Gasteiger partial charge on any atom is 0.240 e. The highest BCUT2D eigenvalue weighted by atomic mass is 32.2. The molecule has 0 radical (unpaired) electrons. The van der Waals surface area contributed by atoms with Crippen LogP contribution in [0.15, 0.2) is 29.2 Å². The molecule has 1 unspecified atom stereocenters. The second-order valence-electron chi connectivity index (χ2n) is 4.42. The van der Waals surface area contributed by atoms with Crippen LogP contribution in [0.1, 0.15) is 18.4 Å². The standard InChI is InChI=1S/C12H17NO3S/c1-13-17(15,16)12-5-3-2-4-10(12)8-11(14)9-6-7-9/h2-5,9,11,13-14H,6-8H2,1H3. The molecule has 0 bridgehead atoms. The molecule has 17 heavy (non-hydrogen) atoms. The molecule has 1 saturated carbocycles. The highest BCUT2D eigenvalue weighted by molar-refractivity contribution is 7.89. The Morgan fingerprint density at radius 3 is 2.65 bits per heavy atom. The number of rotatable bonds is 5. The fourth-order valence-corrected chi connectivity index (χ4v) is 2.89. The SMILES string of the molecule is CNS(=O)(=O)c1ccccc1CC(O)C1CC1. The van der Waals surface area contributed by atoms with Crippen molar-refractivity contribution in [2.45, 2.75) is 30.3 Å². The summed E-state index contributed by atoms with van der Waals surface area (Å²) in [5.41, 5.74) is 0.682. The fourth-order valence-electron chi connectivity index (χ4n) is 1.92. The van der Waals surface area contributed by atoms with Gasteiger partial charge in [-0.1, -0.05) is 18.2 Å². The van der Waals surface area contributed by atoms with E-state index in [1.54, 1.807) is 24.3 Å². The largest absolute Gasteiger partial charge is 0.392 e. The van der Waals surface area contributed by atoms with Crippen LogP contribution in [0.5, 0.6) is 0 Å². The van der Waals surface area contributed by atoms with Crippen LogP contribution in [0, 0.1) is 5.92 Å². The summed E-state index contributed by atoms with van der Waals surface area (Å²) < 4.78 is 25.9. The zero-order valence-electron chi connectivity index (χ0n) is 9.76. The molecule has 0 aliphatic heterocycles. The molecule has 0 saturated heterocycles. The lowest BCUT2D eigenvalue weighted by Crippen LogP contribution is -2.22. The van der Waals surface area contributed by atoms with Crippen LogP contribution in [-0.4, -0.2) is 26.7 Å². The number of benzene rings is 1. The maximum atomic E-state index is 11.8. The van der Waals surface area contributed by atoms with Crippen LogP contribution in [0.25, 0.3) is 0 Å². The normalized spacial score (nSPS) is 18.0. The minimum atomic E-state index is -3.44. The fraction of sp³-hybridized carbons (Fsp3) is 0.500. The van der Waals surface area contributed by atoms with E-state index in [-0.39, 0.29) is 4.90 Å². The molecule has 94 valence electrons. The zero-order chi connectivity index (χ0) is 12.5.